The first-order valence-electron chi connectivity index (χ1n) is 10.8. The van der Waals surface area contributed by atoms with E-state index in [4.69, 9.17) is 0 Å². The zero-order valence-corrected chi connectivity index (χ0v) is 17.4. The van der Waals surface area contributed by atoms with Crippen molar-refractivity contribution in [2.75, 3.05) is 47.8 Å². The summed E-state index contributed by atoms with van der Waals surface area (Å²) in [5.41, 5.74) is 3.32. The van der Waals surface area contributed by atoms with E-state index in [-0.39, 0.29) is 12.0 Å². The highest BCUT2D eigenvalue weighted by atomic mass is 19.4. The standard InChI is InChI=1S/C23H26F4N4/c1-15-2-3-16-12-18(24)13-20-22(16)31(15)21(28-20)14-29-8-10-30(11-9-29)19-6-4-17(5-7-19)23(25,26)27/h4-7,12-13,15,21,28H,2-3,8-11,14H2,1H3. The van der Waals surface area contributed by atoms with Crippen LogP contribution in [0.15, 0.2) is 36.4 Å². The number of hydrogen-bond acceptors (Lipinski definition) is 4. The number of piperazine rings is 1. The summed E-state index contributed by atoms with van der Waals surface area (Å²) in [6.07, 6.45) is -2.30. The van der Waals surface area contributed by atoms with Gasteiger partial charge in [0.1, 0.15) is 12.0 Å². The minimum Gasteiger partial charge on any atom is -0.369 e. The lowest BCUT2D eigenvalue weighted by Crippen LogP contribution is -2.54. The highest BCUT2D eigenvalue weighted by Crippen LogP contribution is 2.44. The molecule has 1 fully saturated rings. The highest BCUT2D eigenvalue weighted by Gasteiger charge is 2.38. The molecule has 2 atom stereocenters. The van der Waals surface area contributed by atoms with Crippen molar-refractivity contribution >= 4 is 17.1 Å². The van der Waals surface area contributed by atoms with E-state index in [0.717, 1.165) is 80.3 Å². The zero-order chi connectivity index (χ0) is 21.8. The first-order valence-corrected chi connectivity index (χ1v) is 10.8. The maximum Gasteiger partial charge on any atom is 0.416 e. The first kappa shape index (κ1) is 20.4. The van der Waals surface area contributed by atoms with Crippen molar-refractivity contribution in [1.82, 2.24) is 4.90 Å². The molecule has 0 saturated carbocycles. The number of alkyl halides is 3. The van der Waals surface area contributed by atoms with Crippen LogP contribution in [-0.2, 0) is 12.6 Å². The third-order valence-electron chi connectivity index (χ3n) is 6.74. The zero-order valence-electron chi connectivity index (χ0n) is 17.4. The molecule has 3 aliphatic rings. The molecular weight excluding hydrogens is 408 g/mol. The first-order chi connectivity index (χ1) is 14.8. The van der Waals surface area contributed by atoms with Crippen molar-refractivity contribution in [1.29, 1.82) is 0 Å². The predicted octanol–water partition coefficient (Wildman–Crippen LogP) is 4.56. The summed E-state index contributed by atoms with van der Waals surface area (Å²) in [7, 11) is 0. The molecule has 3 heterocycles. The lowest BCUT2D eigenvalue weighted by molar-refractivity contribution is -0.137. The molecule has 0 spiro atoms. The number of benzene rings is 2. The second-order valence-corrected chi connectivity index (χ2v) is 8.75. The molecule has 3 aliphatic heterocycles. The Morgan fingerprint density at radius 2 is 1.74 bits per heavy atom. The third kappa shape index (κ3) is 3.82. The maximum atomic E-state index is 14.0. The molecule has 2 unspecified atom stereocenters. The van der Waals surface area contributed by atoms with Crippen molar-refractivity contribution in [2.45, 2.75) is 38.1 Å². The quantitative estimate of drug-likeness (QED) is 0.715. The average molecular weight is 434 g/mol. The van der Waals surface area contributed by atoms with E-state index < -0.39 is 11.7 Å². The van der Waals surface area contributed by atoms with E-state index in [1.54, 1.807) is 24.3 Å². The van der Waals surface area contributed by atoms with Crippen LogP contribution >= 0.6 is 0 Å². The Bertz CT molecular complexity index is 951. The number of aryl methyl sites for hydroxylation is 1. The largest absolute Gasteiger partial charge is 0.416 e. The summed E-state index contributed by atoms with van der Waals surface area (Å²) < 4.78 is 52.4. The van der Waals surface area contributed by atoms with Crippen LogP contribution in [0.2, 0.25) is 0 Å². The smallest absolute Gasteiger partial charge is 0.369 e. The molecule has 0 amide bonds. The third-order valence-corrected chi connectivity index (χ3v) is 6.74. The van der Waals surface area contributed by atoms with Gasteiger partial charge in [-0.05, 0) is 61.7 Å². The summed E-state index contributed by atoms with van der Waals surface area (Å²) in [6.45, 7) is 6.23. The van der Waals surface area contributed by atoms with Crippen molar-refractivity contribution in [3.63, 3.8) is 0 Å². The molecule has 5 rings (SSSR count). The van der Waals surface area contributed by atoms with E-state index in [2.05, 4.69) is 26.9 Å². The summed E-state index contributed by atoms with van der Waals surface area (Å²) in [5.74, 6) is -0.193. The fourth-order valence-corrected chi connectivity index (χ4v) is 5.13. The van der Waals surface area contributed by atoms with Crippen LogP contribution < -0.4 is 15.1 Å². The fraction of sp³-hybridized carbons (Fsp3) is 0.478. The molecule has 0 aliphatic carbocycles. The number of halogens is 4. The van der Waals surface area contributed by atoms with Gasteiger partial charge in [-0.3, -0.25) is 4.90 Å². The van der Waals surface area contributed by atoms with Gasteiger partial charge < -0.3 is 15.1 Å². The van der Waals surface area contributed by atoms with Gasteiger partial charge in [-0.2, -0.15) is 13.2 Å². The molecule has 2 aromatic rings. The van der Waals surface area contributed by atoms with Crippen molar-refractivity contribution in [3.05, 3.63) is 53.3 Å². The molecule has 166 valence electrons. The minimum absolute atomic E-state index is 0.100. The van der Waals surface area contributed by atoms with Crippen LogP contribution in [-0.4, -0.2) is 49.8 Å². The Labute approximate surface area is 179 Å². The van der Waals surface area contributed by atoms with Crippen LogP contribution in [0.1, 0.15) is 24.5 Å². The molecule has 8 heteroatoms. The normalized spacial score (nSPS) is 23.6. The van der Waals surface area contributed by atoms with Crippen molar-refractivity contribution < 1.29 is 17.6 Å². The minimum atomic E-state index is -4.31. The van der Waals surface area contributed by atoms with Gasteiger partial charge in [0.25, 0.3) is 0 Å². The molecule has 2 aromatic carbocycles. The molecule has 0 radical (unpaired) electrons. The van der Waals surface area contributed by atoms with E-state index in [0.29, 0.717) is 6.04 Å². The number of hydrogen-bond donors (Lipinski definition) is 1. The second kappa shape index (κ2) is 7.58. The summed E-state index contributed by atoms with van der Waals surface area (Å²) in [4.78, 5) is 6.90. The number of rotatable bonds is 3. The Balaban J connectivity index is 1.23. The van der Waals surface area contributed by atoms with Gasteiger partial charge in [0.15, 0.2) is 0 Å². The van der Waals surface area contributed by atoms with E-state index in [9.17, 15) is 17.6 Å². The van der Waals surface area contributed by atoms with Gasteiger partial charge >= 0.3 is 6.18 Å². The molecule has 0 bridgehead atoms. The average Bonchev–Trinajstić information content (AvgIpc) is 3.09. The molecular formula is C23H26F4N4. The van der Waals surface area contributed by atoms with Gasteiger partial charge in [0.05, 0.1) is 16.9 Å². The van der Waals surface area contributed by atoms with Crippen molar-refractivity contribution in [3.8, 4) is 0 Å². The summed E-state index contributed by atoms with van der Waals surface area (Å²) >= 11 is 0. The molecule has 0 aromatic heterocycles. The molecule has 4 nitrogen and oxygen atoms in total. The Hall–Kier alpha value is -2.48. The topological polar surface area (TPSA) is 21.8 Å². The molecule has 1 saturated heterocycles. The van der Waals surface area contributed by atoms with Gasteiger partial charge in [-0.15, -0.1) is 0 Å². The Morgan fingerprint density at radius 3 is 2.42 bits per heavy atom. The van der Waals surface area contributed by atoms with Gasteiger partial charge in [0, 0.05) is 44.5 Å². The van der Waals surface area contributed by atoms with Crippen molar-refractivity contribution in [2.24, 2.45) is 0 Å². The van der Waals surface area contributed by atoms with Gasteiger partial charge in [-0.1, -0.05) is 0 Å². The predicted molar refractivity (Wildman–Crippen MR) is 114 cm³/mol. The van der Waals surface area contributed by atoms with Crippen LogP contribution in [0, 0.1) is 5.82 Å². The molecule has 1 N–H and O–H groups in total. The lowest BCUT2D eigenvalue weighted by Gasteiger charge is -2.41. The second-order valence-electron chi connectivity index (χ2n) is 8.75. The Kier molecular flexibility index (Phi) is 5.00. The van der Waals surface area contributed by atoms with Gasteiger partial charge in [0.2, 0.25) is 0 Å². The van der Waals surface area contributed by atoms with Crippen LogP contribution in [0.4, 0.5) is 34.6 Å². The highest BCUT2D eigenvalue weighted by molar-refractivity contribution is 5.80. The fourth-order valence-electron chi connectivity index (χ4n) is 5.13. The van der Waals surface area contributed by atoms with E-state index in [1.807, 2.05) is 0 Å². The summed E-state index contributed by atoms with van der Waals surface area (Å²) in [6, 6.07) is 9.05. The monoisotopic (exact) mass is 434 g/mol. The SMILES string of the molecule is CC1CCc2cc(F)cc3c2N1C(CN1CCN(c2ccc(C(F)(F)F)cc2)CC1)N3. The van der Waals surface area contributed by atoms with E-state index in [1.165, 1.54) is 0 Å². The lowest BCUT2D eigenvalue weighted by atomic mass is 9.96. The Morgan fingerprint density at radius 1 is 1.03 bits per heavy atom. The van der Waals surface area contributed by atoms with Crippen LogP contribution in [0.25, 0.3) is 0 Å². The number of nitrogens with one attached hydrogen (secondary N) is 1. The summed E-state index contributed by atoms with van der Waals surface area (Å²) in [5, 5.41) is 3.52. The van der Waals surface area contributed by atoms with Crippen LogP contribution in [0.5, 0.6) is 0 Å². The van der Waals surface area contributed by atoms with E-state index >= 15 is 0 Å². The van der Waals surface area contributed by atoms with Crippen LogP contribution in [0.3, 0.4) is 0 Å². The number of anilines is 3. The maximum absolute atomic E-state index is 14.0. The molecule has 31 heavy (non-hydrogen) atoms. The van der Waals surface area contributed by atoms with Gasteiger partial charge in [-0.25, -0.2) is 4.39 Å². The number of nitrogens with zero attached hydrogens (tertiary/aromatic N) is 3.